The van der Waals surface area contributed by atoms with Gasteiger partial charge in [-0.15, -0.1) is 0 Å². The molecule has 0 fully saturated rings. The first kappa shape index (κ1) is 16.2. The average molecular weight is 261 g/mol. The zero-order valence-corrected chi connectivity index (χ0v) is 11.0. The number of carbonyl (C=O) groups is 1. The Labute approximate surface area is 103 Å². The molecule has 0 aromatic carbocycles. The molecule has 1 atom stereocenters. The van der Waals surface area contributed by atoms with Crippen LogP contribution in [0.15, 0.2) is 11.6 Å². The van der Waals surface area contributed by atoms with Gasteiger partial charge in [0.15, 0.2) is 0 Å². The van der Waals surface area contributed by atoms with Crippen molar-refractivity contribution >= 4 is 14.7 Å². The van der Waals surface area contributed by atoms with Crippen molar-refractivity contribution in [1.29, 1.82) is 0 Å². The van der Waals surface area contributed by atoms with Crippen LogP contribution in [-0.2, 0) is 13.9 Å². The van der Waals surface area contributed by atoms with Crippen molar-refractivity contribution in [3.63, 3.8) is 0 Å². The molecule has 0 bridgehead atoms. The summed E-state index contributed by atoms with van der Waals surface area (Å²) in [6.07, 6.45) is 5.07. The number of aliphatic carboxylic acids is 1. The number of carboxylic acid groups (broad SMARTS) is 1. The summed E-state index contributed by atoms with van der Waals surface area (Å²) >= 11 is 0. The molecule has 5 nitrogen and oxygen atoms in total. The first-order chi connectivity index (χ1) is 8.17. The summed E-state index contributed by atoms with van der Waals surface area (Å²) in [5.74, 6) is -1.04. The van der Waals surface area contributed by atoms with E-state index in [1.807, 2.05) is 0 Å². The molecule has 0 heterocycles. The molecule has 0 aliphatic rings. The number of unbranched alkanes of at least 4 members (excludes halogenated alkanes) is 3. The minimum atomic E-state index is -1.04. The van der Waals surface area contributed by atoms with Crippen LogP contribution < -0.4 is 5.73 Å². The number of nitrogens with two attached hydrogens (primary N) is 1. The lowest BCUT2D eigenvalue weighted by molar-refractivity contribution is -0.133. The van der Waals surface area contributed by atoms with Gasteiger partial charge in [0, 0.05) is 0 Å². The van der Waals surface area contributed by atoms with Crippen molar-refractivity contribution < 1.29 is 19.0 Å². The van der Waals surface area contributed by atoms with E-state index in [4.69, 9.17) is 15.4 Å². The second-order valence-corrected chi connectivity index (χ2v) is 4.07. The minimum Gasteiger partial charge on any atom is -0.478 e. The van der Waals surface area contributed by atoms with Gasteiger partial charge in [-0.25, -0.2) is 9.36 Å². The Morgan fingerprint density at radius 3 is 2.71 bits per heavy atom. The fourth-order valence-corrected chi connectivity index (χ4v) is 1.80. The predicted molar refractivity (Wildman–Crippen MR) is 66.0 cm³/mol. The molecule has 0 aromatic heterocycles. The van der Waals surface area contributed by atoms with Crippen molar-refractivity contribution in [1.82, 2.24) is 0 Å². The monoisotopic (exact) mass is 261 g/mol. The molecule has 6 heteroatoms. The van der Waals surface area contributed by atoms with Crippen LogP contribution in [0.4, 0.5) is 0 Å². The number of allylic oxidation sites excluding steroid dienone is 1. The molecule has 1 unspecified atom stereocenters. The van der Waals surface area contributed by atoms with Crippen LogP contribution in [0.5, 0.6) is 0 Å². The minimum absolute atomic E-state index is 0.148. The van der Waals surface area contributed by atoms with Crippen LogP contribution in [0.2, 0.25) is 0 Å². The zero-order chi connectivity index (χ0) is 13.1. The fraction of sp³-hybridized carbons (Fsp3) is 0.727. The Morgan fingerprint density at radius 2 is 2.24 bits per heavy atom. The highest BCUT2D eigenvalue weighted by atomic mass is 31.1. The highest BCUT2D eigenvalue weighted by Gasteiger charge is 2.20. The van der Waals surface area contributed by atoms with E-state index >= 15 is 0 Å². The van der Waals surface area contributed by atoms with Gasteiger partial charge in [-0.3, -0.25) is 4.52 Å². The zero-order valence-electron chi connectivity index (χ0n) is 10.1. The van der Waals surface area contributed by atoms with Crippen LogP contribution in [0.3, 0.4) is 0 Å². The largest absolute Gasteiger partial charge is 0.478 e. The Morgan fingerprint density at radius 1 is 1.53 bits per heavy atom. The van der Waals surface area contributed by atoms with E-state index < -0.39 is 20.8 Å². The number of hydrogen-bond acceptors (Lipinski definition) is 4. The lowest BCUT2D eigenvalue weighted by Gasteiger charge is -2.13. The van der Waals surface area contributed by atoms with Gasteiger partial charge in [0.05, 0.1) is 5.57 Å². The highest BCUT2D eigenvalue weighted by molar-refractivity contribution is 7.17. The van der Waals surface area contributed by atoms with E-state index in [1.165, 1.54) is 0 Å². The molecule has 0 spiro atoms. The maximum absolute atomic E-state index is 11.1. The second kappa shape index (κ2) is 10.4. The normalized spacial score (nSPS) is 13.9. The number of rotatable bonds is 10. The SMILES string of the molecule is CCCCCC=C(C(=O)O)C(CCN)OP=O. The van der Waals surface area contributed by atoms with Crippen molar-refractivity contribution in [2.24, 2.45) is 5.73 Å². The summed E-state index contributed by atoms with van der Waals surface area (Å²) in [4.78, 5) is 11.1. The van der Waals surface area contributed by atoms with Crippen LogP contribution >= 0.6 is 8.69 Å². The van der Waals surface area contributed by atoms with Crippen LogP contribution in [0.1, 0.15) is 39.0 Å². The molecule has 0 radical (unpaired) electrons. The molecule has 0 saturated heterocycles. The maximum atomic E-state index is 11.1. The quantitative estimate of drug-likeness (QED) is 0.358. The molecule has 17 heavy (non-hydrogen) atoms. The Balaban J connectivity index is 4.54. The first-order valence-corrected chi connectivity index (χ1v) is 6.52. The Hall–Kier alpha value is -0.770. The standard InChI is InChI=1S/C11H20NO4P/c1-2-3-4-5-6-9(11(13)14)10(7-8-12)16-17-15/h6,10H,2-5,7-8,12H2,1H3,(H,13,14). The van der Waals surface area contributed by atoms with Gasteiger partial charge in [0.1, 0.15) is 6.10 Å². The lowest BCUT2D eigenvalue weighted by atomic mass is 10.0. The van der Waals surface area contributed by atoms with Crippen LogP contribution in [0.25, 0.3) is 0 Å². The molecular weight excluding hydrogens is 241 g/mol. The number of hydrogen-bond donors (Lipinski definition) is 2. The summed E-state index contributed by atoms with van der Waals surface area (Å²) in [5, 5.41) is 9.06. The Bertz CT molecular complexity index is 268. The van der Waals surface area contributed by atoms with Gasteiger partial charge < -0.3 is 10.8 Å². The van der Waals surface area contributed by atoms with Crippen molar-refractivity contribution in [3.8, 4) is 0 Å². The fourth-order valence-electron chi connectivity index (χ4n) is 1.48. The topological polar surface area (TPSA) is 89.6 Å². The summed E-state index contributed by atoms with van der Waals surface area (Å²) in [5.41, 5.74) is 5.52. The smallest absolute Gasteiger partial charge is 0.333 e. The van der Waals surface area contributed by atoms with Crippen LogP contribution in [-0.4, -0.2) is 23.7 Å². The first-order valence-electron chi connectivity index (χ1n) is 5.79. The van der Waals surface area contributed by atoms with E-state index in [1.54, 1.807) is 6.08 Å². The van der Waals surface area contributed by atoms with Gasteiger partial charge >= 0.3 is 14.7 Å². The summed E-state index contributed by atoms with van der Waals surface area (Å²) in [6, 6.07) is 0. The van der Waals surface area contributed by atoms with Gasteiger partial charge in [-0.1, -0.05) is 25.8 Å². The van der Waals surface area contributed by atoms with Gasteiger partial charge in [0.2, 0.25) is 0 Å². The lowest BCUT2D eigenvalue weighted by Crippen LogP contribution is -2.22. The van der Waals surface area contributed by atoms with Crippen LogP contribution in [0, 0.1) is 0 Å². The molecule has 98 valence electrons. The third kappa shape index (κ3) is 7.21. The molecule has 3 N–H and O–H groups in total. The van der Waals surface area contributed by atoms with E-state index in [2.05, 4.69) is 6.92 Å². The third-order valence-corrected chi connectivity index (χ3v) is 2.71. The van der Waals surface area contributed by atoms with Crippen molar-refractivity contribution in [3.05, 3.63) is 11.6 Å². The molecule has 0 aromatic rings. The van der Waals surface area contributed by atoms with E-state index in [-0.39, 0.29) is 5.57 Å². The Kier molecular flexibility index (Phi) is 9.92. The van der Waals surface area contributed by atoms with Gasteiger partial charge in [0.25, 0.3) is 0 Å². The van der Waals surface area contributed by atoms with Gasteiger partial charge in [-0.2, -0.15) is 0 Å². The maximum Gasteiger partial charge on any atom is 0.333 e. The summed E-state index contributed by atoms with van der Waals surface area (Å²) in [6.45, 7) is 2.37. The molecule has 0 aliphatic carbocycles. The van der Waals surface area contributed by atoms with Crippen molar-refractivity contribution in [2.45, 2.75) is 45.1 Å². The van der Waals surface area contributed by atoms with E-state index in [0.717, 1.165) is 19.3 Å². The molecule has 0 amide bonds. The van der Waals surface area contributed by atoms with E-state index in [0.29, 0.717) is 19.4 Å². The average Bonchev–Trinajstić information content (AvgIpc) is 2.28. The predicted octanol–water partition coefficient (Wildman–Crippen LogP) is 2.52. The summed E-state index contributed by atoms with van der Waals surface area (Å²) in [7, 11) is -0.521. The van der Waals surface area contributed by atoms with E-state index in [9.17, 15) is 9.36 Å². The third-order valence-electron chi connectivity index (χ3n) is 2.36. The molecular formula is C11H20NO4P. The molecule has 0 rings (SSSR count). The second-order valence-electron chi connectivity index (χ2n) is 3.71. The molecule has 0 saturated carbocycles. The number of carboxylic acids is 1. The molecule has 0 aliphatic heterocycles. The van der Waals surface area contributed by atoms with Crippen molar-refractivity contribution in [2.75, 3.05) is 6.54 Å². The summed E-state index contributed by atoms with van der Waals surface area (Å²) < 4.78 is 15.3. The van der Waals surface area contributed by atoms with Gasteiger partial charge in [-0.05, 0) is 25.8 Å². The highest BCUT2D eigenvalue weighted by Crippen LogP contribution is 2.17.